The Labute approximate surface area is 152 Å². The second-order valence-electron chi connectivity index (χ2n) is 6.33. The van der Waals surface area contributed by atoms with Gasteiger partial charge in [0.1, 0.15) is 6.29 Å². The van der Waals surface area contributed by atoms with Crippen LogP contribution in [-0.4, -0.2) is 28.9 Å². The number of nitrogens with two attached hydrogens (primary N) is 1. The van der Waals surface area contributed by atoms with Gasteiger partial charge in [0.05, 0.1) is 11.5 Å². The van der Waals surface area contributed by atoms with Crippen molar-refractivity contribution in [3.63, 3.8) is 0 Å². The summed E-state index contributed by atoms with van der Waals surface area (Å²) in [6.07, 6.45) is 2.44. The Morgan fingerprint density at radius 2 is 1.73 bits per heavy atom. The van der Waals surface area contributed by atoms with Gasteiger partial charge in [-0.1, -0.05) is 60.7 Å². The van der Waals surface area contributed by atoms with Crippen LogP contribution in [0.2, 0.25) is 0 Å². The van der Waals surface area contributed by atoms with Crippen LogP contribution in [0.4, 0.5) is 0 Å². The van der Waals surface area contributed by atoms with E-state index < -0.39 is 11.8 Å². The maximum Gasteiger partial charge on any atom is 0.253 e. The van der Waals surface area contributed by atoms with E-state index in [0.717, 1.165) is 17.4 Å². The van der Waals surface area contributed by atoms with Crippen molar-refractivity contribution in [2.45, 2.75) is 24.9 Å². The van der Waals surface area contributed by atoms with Crippen LogP contribution in [0.15, 0.2) is 72.4 Å². The zero-order valence-electron chi connectivity index (χ0n) is 14.2. The van der Waals surface area contributed by atoms with Crippen LogP contribution in [0.5, 0.6) is 0 Å². The van der Waals surface area contributed by atoms with Crippen molar-refractivity contribution in [3.8, 4) is 0 Å². The lowest BCUT2D eigenvalue weighted by Gasteiger charge is -2.37. The van der Waals surface area contributed by atoms with Crippen LogP contribution in [0.1, 0.15) is 23.5 Å². The molecule has 0 aromatic heterocycles. The molecule has 0 spiro atoms. The van der Waals surface area contributed by atoms with Crippen molar-refractivity contribution in [2.75, 3.05) is 0 Å². The zero-order chi connectivity index (χ0) is 18.5. The van der Waals surface area contributed by atoms with Gasteiger partial charge in [-0.25, -0.2) is 0 Å². The average molecular weight is 348 g/mol. The van der Waals surface area contributed by atoms with Crippen molar-refractivity contribution in [1.29, 1.82) is 0 Å². The van der Waals surface area contributed by atoms with Gasteiger partial charge in [0, 0.05) is 25.2 Å². The smallest absolute Gasteiger partial charge is 0.253 e. The number of carbonyl (C=O) groups is 3. The normalized spacial score (nSPS) is 18.2. The Morgan fingerprint density at radius 3 is 2.31 bits per heavy atom. The molecule has 0 saturated heterocycles. The molecule has 5 nitrogen and oxygen atoms in total. The van der Waals surface area contributed by atoms with Gasteiger partial charge in [0.2, 0.25) is 0 Å². The summed E-state index contributed by atoms with van der Waals surface area (Å²) in [7, 11) is 0. The predicted octanol–water partition coefficient (Wildman–Crippen LogP) is 2.18. The molecule has 1 aliphatic heterocycles. The van der Waals surface area contributed by atoms with Crippen molar-refractivity contribution in [1.82, 2.24) is 4.90 Å². The highest BCUT2D eigenvalue weighted by atomic mass is 16.2. The van der Waals surface area contributed by atoms with Gasteiger partial charge >= 0.3 is 0 Å². The Morgan fingerprint density at radius 1 is 1.12 bits per heavy atom. The third kappa shape index (κ3) is 3.72. The van der Waals surface area contributed by atoms with E-state index in [-0.39, 0.29) is 23.8 Å². The van der Waals surface area contributed by atoms with Crippen molar-refractivity contribution in [2.24, 2.45) is 5.73 Å². The molecule has 1 heterocycles. The number of benzene rings is 2. The molecule has 0 bridgehead atoms. The maximum absolute atomic E-state index is 12.4. The van der Waals surface area contributed by atoms with Crippen molar-refractivity contribution in [3.05, 3.63) is 83.6 Å². The molecule has 0 radical (unpaired) electrons. The molecule has 2 unspecified atom stereocenters. The molecule has 2 N–H and O–H groups in total. The van der Waals surface area contributed by atoms with Gasteiger partial charge in [-0.05, 0) is 11.1 Å². The molecule has 1 amide bonds. The Kier molecular flexibility index (Phi) is 5.27. The van der Waals surface area contributed by atoms with E-state index in [0.29, 0.717) is 6.54 Å². The SMILES string of the molecule is NC(=O)C1=CN(Cc2ccccc2)C(C(C=O)c2ccccc2)CC1=O. The van der Waals surface area contributed by atoms with E-state index in [1.807, 2.05) is 65.6 Å². The van der Waals surface area contributed by atoms with E-state index >= 15 is 0 Å². The summed E-state index contributed by atoms with van der Waals surface area (Å²) in [5.74, 6) is -1.54. The lowest BCUT2D eigenvalue weighted by atomic mass is 9.85. The average Bonchev–Trinajstić information content (AvgIpc) is 2.66. The Bertz CT molecular complexity index is 831. The molecule has 2 aromatic carbocycles. The summed E-state index contributed by atoms with van der Waals surface area (Å²) in [4.78, 5) is 37.8. The summed E-state index contributed by atoms with van der Waals surface area (Å²) < 4.78 is 0. The fourth-order valence-corrected chi connectivity index (χ4v) is 3.31. The molecule has 2 aromatic rings. The second kappa shape index (κ2) is 7.78. The highest BCUT2D eigenvalue weighted by Crippen LogP contribution is 2.30. The fraction of sp³-hybridized carbons (Fsp3) is 0.190. The minimum absolute atomic E-state index is 0.0186. The lowest BCUT2D eigenvalue weighted by Crippen LogP contribution is -2.43. The molecule has 26 heavy (non-hydrogen) atoms. The van der Waals surface area contributed by atoms with Crippen LogP contribution in [-0.2, 0) is 20.9 Å². The highest BCUT2D eigenvalue weighted by Gasteiger charge is 2.35. The van der Waals surface area contributed by atoms with Gasteiger partial charge in [0.25, 0.3) is 5.91 Å². The molecule has 3 rings (SSSR count). The van der Waals surface area contributed by atoms with E-state index in [9.17, 15) is 14.4 Å². The van der Waals surface area contributed by atoms with Crippen molar-refractivity contribution >= 4 is 18.0 Å². The van der Waals surface area contributed by atoms with Gasteiger partial charge in [-0.2, -0.15) is 0 Å². The first kappa shape index (κ1) is 17.6. The summed E-state index contributed by atoms with van der Waals surface area (Å²) in [5.41, 5.74) is 7.20. The molecular weight excluding hydrogens is 328 g/mol. The molecular formula is C21H20N2O3. The largest absolute Gasteiger partial charge is 0.368 e. The predicted molar refractivity (Wildman–Crippen MR) is 97.9 cm³/mol. The van der Waals surface area contributed by atoms with E-state index in [1.54, 1.807) is 0 Å². The number of ketones is 1. The van der Waals surface area contributed by atoms with Crippen LogP contribution in [0.25, 0.3) is 0 Å². The topological polar surface area (TPSA) is 80.5 Å². The highest BCUT2D eigenvalue weighted by molar-refractivity contribution is 6.19. The maximum atomic E-state index is 12.4. The third-order valence-electron chi connectivity index (χ3n) is 4.63. The standard InChI is InChI=1S/C21H20N2O3/c22-21(26)17-13-23(12-15-7-3-1-4-8-15)19(11-20(17)25)18(14-24)16-9-5-2-6-10-16/h1-10,13-14,18-19H,11-12H2,(H2,22,26). The molecule has 0 aliphatic carbocycles. The summed E-state index contributed by atoms with van der Waals surface area (Å²) in [6.45, 7) is 0.479. The number of rotatable bonds is 6. The number of hydrogen-bond acceptors (Lipinski definition) is 4. The first-order chi connectivity index (χ1) is 12.6. The number of Topliss-reactive ketones (excluding diaryl/α,β-unsaturated/α-hetero) is 1. The molecule has 1 aliphatic rings. The summed E-state index contributed by atoms with van der Waals surface area (Å²) in [6, 6.07) is 18.7. The van der Waals surface area contributed by atoms with Gasteiger partial charge in [-0.3, -0.25) is 9.59 Å². The van der Waals surface area contributed by atoms with Gasteiger partial charge in [0.15, 0.2) is 5.78 Å². The van der Waals surface area contributed by atoms with E-state index in [4.69, 9.17) is 5.73 Å². The molecule has 0 saturated carbocycles. The van der Waals surface area contributed by atoms with Crippen LogP contribution in [0, 0.1) is 0 Å². The van der Waals surface area contributed by atoms with Gasteiger partial charge in [-0.15, -0.1) is 0 Å². The number of carbonyl (C=O) groups excluding carboxylic acids is 3. The Balaban J connectivity index is 1.99. The number of amides is 1. The summed E-state index contributed by atoms with van der Waals surface area (Å²) >= 11 is 0. The quantitative estimate of drug-likeness (QED) is 0.641. The molecule has 0 fully saturated rings. The van der Waals surface area contributed by atoms with Crippen LogP contribution in [0.3, 0.4) is 0 Å². The van der Waals surface area contributed by atoms with Crippen LogP contribution >= 0.6 is 0 Å². The second-order valence-corrected chi connectivity index (χ2v) is 6.33. The number of nitrogens with zero attached hydrogens (tertiary/aromatic N) is 1. The monoisotopic (exact) mass is 348 g/mol. The van der Waals surface area contributed by atoms with E-state index in [2.05, 4.69) is 0 Å². The summed E-state index contributed by atoms with van der Waals surface area (Å²) in [5, 5.41) is 0. The van der Waals surface area contributed by atoms with Crippen molar-refractivity contribution < 1.29 is 14.4 Å². The lowest BCUT2D eigenvalue weighted by molar-refractivity contribution is -0.122. The molecule has 132 valence electrons. The molecule has 2 atom stereocenters. The van der Waals surface area contributed by atoms with Crippen LogP contribution < -0.4 is 5.73 Å². The number of aldehydes is 1. The first-order valence-corrected chi connectivity index (χ1v) is 8.45. The molecule has 5 heteroatoms. The first-order valence-electron chi connectivity index (χ1n) is 8.45. The minimum atomic E-state index is -0.742. The van der Waals surface area contributed by atoms with Gasteiger partial charge < -0.3 is 15.4 Å². The minimum Gasteiger partial charge on any atom is -0.368 e. The number of primary amides is 1. The van der Waals surface area contributed by atoms with E-state index in [1.165, 1.54) is 6.20 Å². The third-order valence-corrected chi connectivity index (χ3v) is 4.63. The fourth-order valence-electron chi connectivity index (χ4n) is 3.31. The number of hydrogen-bond donors (Lipinski definition) is 1. The Hall–Kier alpha value is -3.21. The zero-order valence-corrected chi connectivity index (χ0v) is 14.2.